The molecule has 2 fully saturated rings. The van der Waals surface area contributed by atoms with Crippen molar-refractivity contribution < 1.29 is 9.18 Å². The molecule has 2 atom stereocenters. The standard InChI is InChI=1S/C21H26FN5O/c1-15-20(24-9-8-23-15)26-13-11-25(12-14-26)19-7-10-27(21(19)28)16(2)17-3-5-18(22)6-4-17/h3-6,8-9,16,19H,7,10-14H2,1-2H3/t16-,19-/m1/s1. The molecule has 2 saturated heterocycles. The third-order valence-electron chi connectivity index (χ3n) is 5.94. The molecule has 1 aromatic carbocycles. The quantitative estimate of drug-likeness (QED) is 0.812. The Hall–Kier alpha value is -2.54. The Morgan fingerprint density at radius 1 is 1.04 bits per heavy atom. The topological polar surface area (TPSA) is 52.6 Å². The molecule has 2 aliphatic rings. The number of benzene rings is 1. The lowest BCUT2D eigenvalue weighted by Crippen LogP contribution is -2.53. The van der Waals surface area contributed by atoms with Gasteiger partial charge in [-0.05, 0) is 38.0 Å². The summed E-state index contributed by atoms with van der Waals surface area (Å²) >= 11 is 0. The van der Waals surface area contributed by atoms with Crippen molar-refractivity contribution in [1.29, 1.82) is 0 Å². The fourth-order valence-corrected chi connectivity index (χ4v) is 4.29. The lowest BCUT2D eigenvalue weighted by molar-refractivity contribution is -0.134. The van der Waals surface area contributed by atoms with E-state index in [1.807, 2.05) is 18.7 Å². The molecule has 0 radical (unpaired) electrons. The lowest BCUT2D eigenvalue weighted by Gasteiger charge is -2.38. The summed E-state index contributed by atoms with van der Waals surface area (Å²) < 4.78 is 13.2. The van der Waals surface area contributed by atoms with Crippen molar-refractivity contribution >= 4 is 11.7 Å². The molecule has 0 bridgehead atoms. The van der Waals surface area contributed by atoms with Gasteiger partial charge in [0.1, 0.15) is 11.6 Å². The lowest BCUT2D eigenvalue weighted by atomic mass is 10.1. The highest BCUT2D eigenvalue weighted by molar-refractivity contribution is 5.84. The second-order valence-corrected chi connectivity index (χ2v) is 7.55. The van der Waals surface area contributed by atoms with Crippen molar-refractivity contribution in [2.24, 2.45) is 0 Å². The van der Waals surface area contributed by atoms with Crippen molar-refractivity contribution in [2.45, 2.75) is 32.4 Å². The van der Waals surface area contributed by atoms with E-state index in [1.165, 1.54) is 12.1 Å². The summed E-state index contributed by atoms with van der Waals surface area (Å²) in [5, 5.41) is 0. The third kappa shape index (κ3) is 3.58. The van der Waals surface area contributed by atoms with Crippen molar-refractivity contribution in [1.82, 2.24) is 19.8 Å². The van der Waals surface area contributed by atoms with Crippen LogP contribution in [0.15, 0.2) is 36.7 Å². The first-order chi connectivity index (χ1) is 13.5. The van der Waals surface area contributed by atoms with E-state index in [0.717, 1.165) is 56.2 Å². The van der Waals surface area contributed by atoms with E-state index in [2.05, 4.69) is 19.8 Å². The number of piperazine rings is 1. The fourth-order valence-electron chi connectivity index (χ4n) is 4.29. The van der Waals surface area contributed by atoms with Gasteiger partial charge in [-0.25, -0.2) is 9.37 Å². The first-order valence-electron chi connectivity index (χ1n) is 9.87. The molecule has 2 aliphatic heterocycles. The van der Waals surface area contributed by atoms with Crippen LogP contribution in [-0.4, -0.2) is 64.4 Å². The van der Waals surface area contributed by atoms with E-state index in [-0.39, 0.29) is 23.8 Å². The van der Waals surface area contributed by atoms with E-state index in [4.69, 9.17) is 0 Å². The van der Waals surface area contributed by atoms with Gasteiger partial charge in [-0.3, -0.25) is 14.7 Å². The molecule has 6 nitrogen and oxygen atoms in total. The molecular weight excluding hydrogens is 357 g/mol. The van der Waals surface area contributed by atoms with E-state index in [0.29, 0.717) is 0 Å². The zero-order valence-electron chi connectivity index (χ0n) is 16.4. The highest BCUT2D eigenvalue weighted by Gasteiger charge is 2.39. The molecule has 0 N–H and O–H groups in total. The van der Waals surface area contributed by atoms with Gasteiger partial charge in [0.2, 0.25) is 5.91 Å². The van der Waals surface area contributed by atoms with Crippen LogP contribution in [0.4, 0.5) is 10.2 Å². The van der Waals surface area contributed by atoms with E-state index < -0.39 is 0 Å². The minimum Gasteiger partial charge on any atom is -0.353 e. The molecule has 4 rings (SSSR count). The monoisotopic (exact) mass is 383 g/mol. The summed E-state index contributed by atoms with van der Waals surface area (Å²) in [4.78, 5) is 28.3. The molecule has 0 saturated carbocycles. The second-order valence-electron chi connectivity index (χ2n) is 7.55. The largest absolute Gasteiger partial charge is 0.353 e. The predicted molar refractivity (Wildman–Crippen MR) is 105 cm³/mol. The maximum atomic E-state index is 13.2. The van der Waals surface area contributed by atoms with Gasteiger partial charge < -0.3 is 9.80 Å². The zero-order valence-corrected chi connectivity index (χ0v) is 16.4. The molecule has 2 aromatic rings. The fraction of sp³-hybridized carbons (Fsp3) is 0.476. The van der Waals surface area contributed by atoms with Crippen molar-refractivity contribution in [3.8, 4) is 0 Å². The third-order valence-corrected chi connectivity index (χ3v) is 5.94. The Bertz CT molecular complexity index is 835. The number of anilines is 1. The average molecular weight is 383 g/mol. The Kier molecular flexibility index (Phi) is 5.26. The number of amides is 1. The molecule has 0 unspecified atom stereocenters. The van der Waals surface area contributed by atoms with Crippen molar-refractivity contribution in [2.75, 3.05) is 37.6 Å². The molecule has 7 heteroatoms. The van der Waals surface area contributed by atoms with Gasteiger partial charge in [0.15, 0.2) is 0 Å². The summed E-state index contributed by atoms with van der Waals surface area (Å²) in [5.74, 6) is 0.866. The molecule has 3 heterocycles. The number of carbonyl (C=O) groups excluding carboxylic acids is 1. The van der Waals surface area contributed by atoms with Gasteiger partial charge in [-0.2, -0.15) is 0 Å². The second kappa shape index (κ2) is 7.83. The molecule has 28 heavy (non-hydrogen) atoms. The number of halogens is 1. The Balaban J connectivity index is 1.38. The average Bonchev–Trinajstić information content (AvgIpc) is 3.10. The highest BCUT2D eigenvalue weighted by Crippen LogP contribution is 2.29. The molecular formula is C21H26FN5O. The smallest absolute Gasteiger partial charge is 0.240 e. The number of aromatic nitrogens is 2. The van der Waals surface area contributed by atoms with Gasteiger partial charge in [0.25, 0.3) is 0 Å². The number of hydrogen-bond donors (Lipinski definition) is 0. The number of rotatable bonds is 4. The SMILES string of the molecule is Cc1nccnc1N1CCN([C@@H]2CCN([C@H](C)c3ccc(F)cc3)C2=O)CC1. The number of nitrogens with zero attached hydrogens (tertiary/aromatic N) is 5. The van der Waals surface area contributed by atoms with Crippen LogP contribution in [0, 0.1) is 12.7 Å². The maximum absolute atomic E-state index is 13.2. The molecule has 1 amide bonds. The molecule has 0 aliphatic carbocycles. The Morgan fingerprint density at radius 2 is 1.71 bits per heavy atom. The zero-order chi connectivity index (χ0) is 19.7. The minimum atomic E-state index is -0.252. The number of hydrogen-bond acceptors (Lipinski definition) is 5. The summed E-state index contributed by atoms with van der Waals surface area (Å²) in [6.45, 7) is 8.10. The van der Waals surface area contributed by atoms with Gasteiger partial charge in [-0.1, -0.05) is 12.1 Å². The molecule has 148 valence electrons. The first-order valence-corrected chi connectivity index (χ1v) is 9.87. The van der Waals surface area contributed by atoms with E-state index in [9.17, 15) is 9.18 Å². The Morgan fingerprint density at radius 3 is 2.39 bits per heavy atom. The van der Waals surface area contributed by atoms with Crippen LogP contribution < -0.4 is 4.90 Å². The maximum Gasteiger partial charge on any atom is 0.240 e. The van der Waals surface area contributed by atoms with E-state index in [1.54, 1.807) is 24.5 Å². The van der Waals surface area contributed by atoms with Crippen LogP contribution in [-0.2, 0) is 4.79 Å². The summed E-state index contributed by atoms with van der Waals surface area (Å²) in [5.41, 5.74) is 1.91. The highest BCUT2D eigenvalue weighted by atomic mass is 19.1. The van der Waals surface area contributed by atoms with Crippen LogP contribution >= 0.6 is 0 Å². The normalized spacial score (nSPS) is 22.0. The summed E-state index contributed by atoms with van der Waals surface area (Å²) in [7, 11) is 0. The van der Waals surface area contributed by atoms with Crippen LogP contribution in [0.1, 0.15) is 30.6 Å². The summed E-state index contributed by atoms with van der Waals surface area (Å²) in [6, 6.07) is 6.34. The number of carbonyl (C=O) groups is 1. The van der Waals surface area contributed by atoms with Crippen molar-refractivity contribution in [3.63, 3.8) is 0 Å². The number of aryl methyl sites for hydroxylation is 1. The van der Waals surface area contributed by atoms with Crippen molar-refractivity contribution in [3.05, 3.63) is 53.7 Å². The van der Waals surface area contributed by atoms with Crippen LogP contribution in [0.2, 0.25) is 0 Å². The molecule has 1 aromatic heterocycles. The van der Waals surface area contributed by atoms with E-state index >= 15 is 0 Å². The van der Waals surface area contributed by atoms with Gasteiger partial charge in [0, 0.05) is 45.1 Å². The minimum absolute atomic E-state index is 0.0402. The van der Waals surface area contributed by atoms with Gasteiger partial charge in [0.05, 0.1) is 17.8 Å². The summed E-state index contributed by atoms with van der Waals surface area (Å²) in [6.07, 6.45) is 4.28. The van der Waals surface area contributed by atoms with Crippen LogP contribution in [0.3, 0.4) is 0 Å². The van der Waals surface area contributed by atoms with Crippen LogP contribution in [0.5, 0.6) is 0 Å². The number of likely N-dealkylation sites (tertiary alicyclic amines) is 1. The van der Waals surface area contributed by atoms with Crippen LogP contribution in [0.25, 0.3) is 0 Å². The first kappa shape index (κ1) is 18.8. The van der Waals surface area contributed by atoms with Gasteiger partial charge in [-0.15, -0.1) is 0 Å². The predicted octanol–water partition coefficient (Wildman–Crippen LogP) is 2.41. The molecule has 0 spiro atoms. The van der Waals surface area contributed by atoms with Gasteiger partial charge >= 0.3 is 0 Å². The Labute approximate surface area is 165 Å².